The summed E-state index contributed by atoms with van der Waals surface area (Å²) >= 11 is 0. The quantitative estimate of drug-likeness (QED) is 0.930. The zero-order valence-electron chi connectivity index (χ0n) is 13.1. The number of aromatic nitrogens is 1. The molecule has 1 saturated heterocycles. The number of hydrogen-bond acceptors (Lipinski definition) is 3. The van der Waals surface area contributed by atoms with E-state index < -0.39 is 0 Å². The molecule has 1 aromatic heterocycles. The molecule has 3 rings (SSSR count). The Morgan fingerprint density at radius 3 is 2.67 bits per heavy atom. The number of nitrogens with two attached hydrogens (primary N) is 1. The van der Waals surface area contributed by atoms with Crippen LogP contribution in [0.3, 0.4) is 0 Å². The molecule has 0 spiro atoms. The van der Waals surface area contributed by atoms with Gasteiger partial charge in [-0.05, 0) is 42.4 Å². The van der Waals surface area contributed by atoms with Crippen LogP contribution in [0, 0.1) is 5.41 Å². The Balaban J connectivity index is 1.98. The van der Waals surface area contributed by atoms with Gasteiger partial charge in [0.2, 0.25) is 0 Å². The Hall–Kier alpha value is -1.61. The predicted octanol–water partition coefficient (Wildman–Crippen LogP) is 3.71. The van der Waals surface area contributed by atoms with Crippen molar-refractivity contribution in [2.45, 2.75) is 39.7 Å². The summed E-state index contributed by atoms with van der Waals surface area (Å²) in [4.78, 5) is 7.31. The van der Waals surface area contributed by atoms with E-state index in [4.69, 9.17) is 10.7 Å². The first-order valence-electron chi connectivity index (χ1n) is 8.05. The van der Waals surface area contributed by atoms with E-state index in [2.05, 4.69) is 43.0 Å². The average molecular weight is 283 g/mol. The Kier molecular flexibility index (Phi) is 3.85. The van der Waals surface area contributed by atoms with Gasteiger partial charge in [-0.25, -0.2) is 4.98 Å². The number of rotatable bonds is 4. The van der Waals surface area contributed by atoms with Crippen molar-refractivity contribution in [2.24, 2.45) is 11.1 Å². The second-order valence-electron chi connectivity index (χ2n) is 6.24. The fraction of sp³-hybridized carbons (Fsp3) is 0.500. The topological polar surface area (TPSA) is 42.1 Å². The van der Waals surface area contributed by atoms with Gasteiger partial charge in [0.25, 0.3) is 0 Å². The lowest BCUT2D eigenvalue weighted by Gasteiger charge is -2.27. The molecule has 0 bridgehead atoms. The van der Waals surface area contributed by atoms with Crippen LogP contribution in [-0.2, 0) is 6.54 Å². The highest BCUT2D eigenvalue weighted by Crippen LogP contribution is 2.39. The molecule has 1 fully saturated rings. The van der Waals surface area contributed by atoms with E-state index in [-0.39, 0.29) is 0 Å². The van der Waals surface area contributed by atoms with Gasteiger partial charge in [-0.2, -0.15) is 0 Å². The van der Waals surface area contributed by atoms with Gasteiger partial charge < -0.3 is 10.6 Å². The molecule has 2 aromatic rings. The molecule has 1 aliphatic heterocycles. The van der Waals surface area contributed by atoms with Crippen LogP contribution in [0.4, 0.5) is 5.82 Å². The summed E-state index contributed by atoms with van der Waals surface area (Å²) in [7, 11) is 0. The third-order valence-electron chi connectivity index (χ3n) is 5.27. The van der Waals surface area contributed by atoms with Gasteiger partial charge >= 0.3 is 0 Å². The van der Waals surface area contributed by atoms with Crippen LogP contribution in [0.2, 0.25) is 0 Å². The molecule has 112 valence electrons. The van der Waals surface area contributed by atoms with E-state index in [1.165, 1.54) is 30.2 Å². The maximum Gasteiger partial charge on any atom is 0.129 e. The van der Waals surface area contributed by atoms with Gasteiger partial charge in [0.15, 0.2) is 0 Å². The normalized spacial score (nSPS) is 17.6. The zero-order chi connectivity index (χ0) is 14.9. The number of pyridine rings is 1. The van der Waals surface area contributed by atoms with Crippen molar-refractivity contribution in [3.8, 4) is 0 Å². The molecule has 3 heteroatoms. The van der Waals surface area contributed by atoms with Crippen molar-refractivity contribution < 1.29 is 0 Å². The van der Waals surface area contributed by atoms with Crippen LogP contribution in [0.1, 0.15) is 38.7 Å². The Morgan fingerprint density at radius 2 is 2.00 bits per heavy atom. The standard InChI is InChI=1S/C18H25N3/c1-3-18(4-2)9-10-21(13-18)17-11-14(12-19)15-7-5-6-8-16(15)20-17/h5-8,11H,3-4,9-10,12-13,19H2,1-2H3. The highest BCUT2D eigenvalue weighted by Gasteiger charge is 2.35. The molecule has 0 saturated carbocycles. The van der Waals surface area contributed by atoms with E-state index in [0.717, 1.165) is 24.4 Å². The molecule has 0 aliphatic carbocycles. The van der Waals surface area contributed by atoms with E-state index in [0.29, 0.717) is 12.0 Å². The fourth-order valence-electron chi connectivity index (χ4n) is 3.52. The van der Waals surface area contributed by atoms with Crippen LogP contribution in [0.15, 0.2) is 30.3 Å². The van der Waals surface area contributed by atoms with Crippen molar-refractivity contribution in [2.75, 3.05) is 18.0 Å². The van der Waals surface area contributed by atoms with E-state index >= 15 is 0 Å². The smallest absolute Gasteiger partial charge is 0.129 e. The molecule has 21 heavy (non-hydrogen) atoms. The summed E-state index contributed by atoms with van der Waals surface area (Å²) in [6, 6.07) is 10.5. The summed E-state index contributed by atoms with van der Waals surface area (Å²) in [6.07, 6.45) is 3.76. The van der Waals surface area contributed by atoms with E-state index in [1.807, 2.05) is 6.07 Å². The van der Waals surface area contributed by atoms with Crippen molar-refractivity contribution in [3.63, 3.8) is 0 Å². The average Bonchev–Trinajstić information content (AvgIpc) is 2.99. The van der Waals surface area contributed by atoms with Crippen molar-refractivity contribution in [3.05, 3.63) is 35.9 Å². The maximum absolute atomic E-state index is 5.94. The van der Waals surface area contributed by atoms with E-state index in [1.54, 1.807) is 0 Å². The predicted molar refractivity (Wildman–Crippen MR) is 89.5 cm³/mol. The molecule has 0 radical (unpaired) electrons. The van der Waals surface area contributed by atoms with Gasteiger partial charge in [0.1, 0.15) is 5.82 Å². The summed E-state index contributed by atoms with van der Waals surface area (Å²) in [5, 5.41) is 1.18. The van der Waals surface area contributed by atoms with Crippen LogP contribution < -0.4 is 10.6 Å². The lowest BCUT2D eigenvalue weighted by molar-refractivity contribution is 0.301. The van der Waals surface area contributed by atoms with Gasteiger partial charge in [-0.15, -0.1) is 0 Å². The Bertz CT molecular complexity index is 631. The Labute approximate surface area is 127 Å². The molecule has 0 amide bonds. The first-order valence-corrected chi connectivity index (χ1v) is 8.05. The van der Waals surface area contributed by atoms with Gasteiger partial charge in [-0.3, -0.25) is 0 Å². The molecule has 0 unspecified atom stereocenters. The second-order valence-corrected chi connectivity index (χ2v) is 6.24. The summed E-state index contributed by atoms with van der Waals surface area (Å²) < 4.78 is 0. The molecule has 1 aromatic carbocycles. The monoisotopic (exact) mass is 283 g/mol. The number of fused-ring (bicyclic) bond motifs is 1. The number of para-hydroxylation sites is 1. The van der Waals surface area contributed by atoms with Crippen molar-refractivity contribution >= 4 is 16.7 Å². The lowest BCUT2D eigenvalue weighted by Crippen LogP contribution is -2.26. The van der Waals surface area contributed by atoms with Crippen LogP contribution in [0.5, 0.6) is 0 Å². The molecule has 2 N–H and O–H groups in total. The lowest BCUT2D eigenvalue weighted by atomic mass is 9.82. The van der Waals surface area contributed by atoms with E-state index in [9.17, 15) is 0 Å². The second kappa shape index (κ2) is 5.64. The maximum atomic E-state index is 5.94. The fourth-order valence-corrected chi connectivity index (χ4v) is 3.52. The van der Waals surface area contributed by atoms with Crippen LogP contribution in [-0.4, -0.2) is 18.1 Å². The van der Waals surface area contributed by atoms with Crippen molar-refractivity contribution in [1.82, 2.24) is 4.98 Å². The summed E-state index contributed by atoms with van der Waals surface area (Å²) in [6.45, 7) is 7.42. The minimum Gasteiger partial charge on any atom is -0.356 e. The third-order valence-corrected chi connectivity index (χ3v) is 5.27. The largest absolute Gasteiger partial charge is 0.356 e. The number of benzene rings is 1. The minimum atomic E-state index is 0.468. The molecule has 0 atom stereocenters. The molecule has 1 aliphatic rings. The highest BCUT2D eigenvalue weighted by molar-refractivity contribution is 5.84. The number of anilines is 1. The molecular formula is C18H25N3. The third kappa shape index (κ3) is 2.51. The van der Waals surface area contributed by atoms with Gasteiger partial charge in [-0.1, -0.05) is 32.0 Å². The summed E-state index contributed by atoms with van der Waals surface area (Å²) in [5.74, 6) is 1.10. The molecular weight excluding hydrogens is 258 g/mol. The molecule has 2 heterocycles. The number of nitrogens with zero attached hydrogens (tertiary/aromatic N) is 2. The van der Waals surface area contributed by atoms with Crippen molar-refractivity contribution in [1.29, 1.82) is 0 Å². The first-order chi connectivity index (χ1) is 10.2. The Morgan fingerprint density at radius 1 is 1.24 bits per heavy atom. The zero-order valence-corrected chi connectivity index (χ0v) is 13.1. The molecule has 3 nitrogen and oxygen atoms in total. The number of hydrogen-bond donors (Lipinski definition) is 1. The van der Waals surface area contributed by atoms with Crippen LogP contribution >= 0.6 is 0 Å². The minimum absolute atomic E-state index is 0.468. The first kappa shape index (κ1) is 14.3. The highest BCUT2D eigenvalue weighted by atomic mass is 15.2. The van der Waals surface area contributed by atoms with Gasteiger partial charge in [0, 0.05) is 25.0 Å². The van der Waals surface area contributed by atoms with Crippen LogP contribution in [0.25, 0.3) is 10.9 Å². The summed E-state index contributed by atoms with van der Waals surface area (Å²) in [5.41, 5.74) is 8.66. The van der Waals surface area contributed by atoms with Gasteiger partial charge in [0.05, 0.1) is 5.52 Å². The SMILES string of the molecule is CCC1(CC)CCN(c2cc(CN)c3ccccc3n2)C1.